The maximum atomic E-state index is 12.0. The van der Waals surface area contributed by atoms with Crippen LogP contribution in [0.15, 0.2) is 53.4 Å². The van der Waals surface area contributed by atoms with Crippen LogP contribution in [0.25, 0.3) is 0 Å². The van der Waals surface area contributed by atoms with Gasteiger partial charge in [-0.1, -0.05) is 48.0 Å². The Morgan fingerprint density at radius 2 is 1.91 bits per heavy atom. The maximum Gasteiger partial charge on any atom is 0.327 e. The fraction of sp³-hybridized carbons (Fsp3) is 0.235. The Hall–Kier alpha value is -1.49. The highest BCUT2D eigenvalue weighted by Gasteiger charge is 2.22. The molecule has 0 radical (unpaired) electrons. The minimum atomic E-state index is -0.578. The van der Waals surface area contributed by atoms with Crippen molar-refractivity contribution < 1.29 is 9.53 Å². The number of nitrogens with one attached hydrogen (secondary N) is 1. The Kier molecular flexibility index (Phi) is 6.31. The van der Waals surface area contributed by atoms with E-state index >= 15 is 0 Å². The summed E-state index contributed by atoms with van der Waals surface area (Å²) in [6, 6.07) is 14.6. The summed E-state index contributed by atoms with van der Waals surface area (Å²) in [7, 11) is 1.37. The van der Waals surface area contributed by atoms with Crippen LogP contribution in [0, 0.1) is 0 Å². The van der Waals surface area contributed by atoms with Gasteiger partial charge in [-0.2, -0.15) is 0 Å². The monoisotopic (exact) mass is 335 g/mol. The van der Waals surface area contributed by atoms with Crippen LogP contribution in [0.1, 0.15) is 17.2 Å². The molecule has 2 rings (SSSR count). The Morgan fingerprint density at radius 3 is 2.59 bits per heavy atom. The molecule has 2 aromatic carbocycles. The first-order valence-corrected chi connectivity index (χ1v) is 7.78. The molecule has 5 heteroatoms. The van der Waals surface area contributed by atoms with Gasteiger partial charge in [0.1, 0.15) is 6.04 Å². The zero-order valence-corrected chi connectivity index (χ0v) is 13.9. The van der Waals surface area contributed by atoms with Crippen LogP contribution >= 0.6 is 24.2 Å². The van der Waals surface area contributed by atoms with E-state index in [9.17, 15) is 4.79 Å². The van der Waals surface area contributed by atoms with Crippen LogP contribution in [0.3, 0.4) is 0 Å². The third kappa shape index (κ3) is 4.26. The molecule has 0 aliphatic heterocycles. The van der Waals surface area contributed by atoms with E-state index in [1.165, 1.54) is 7.11 Å². The lowest BCUT2D eigenvalue weighted by Gasteiger charge is -2.18. The van der Waals surface area contributed by atoms with Gasteiger partial charge >= 0.3 is 5.97 Å². The number of esters is 1. The molecule has 1 unspecified atom stereocenters. The highest BCUT2D eigenvalue weighted by atomic mass is 35.5. The average Bonchev–Trinajstić information content (AvgIpc) is 2.53. The van der Waals surface area contributed by atoms with Gasteiger partial charge in [-0.15, -0.1) is 12.6 Å². The van der Waals surface area contributed by atoms with Crippen molar-refractivity contribution in [2.24, 2.45) is 0 Å². The number of rotatable bonds is 6. The van der Waals surface area contributed by atoms with Crippen LogP contribution in [0.4, 0.5) is 0 Å². The van der Waals surface area contributed by atoms with E-state index < -0.39 is 6.04 Å². The molecule has 0 aliphatic rings. The largest absolute Gasteiger partial charge is 0.468 e. The first kappa shape index (κ1) is 16.9. The molecule has 0 saturated carbocycles. The normalized spacial score (nSPS) is 12.0. The van der Waals surface area contributed by atoms with E-state index in [-0.39, 0.29) is 5.97 Å². The molecular formula is C17H18ClNO2S. The standard InChI is InChI=1S/C17H18ClNO2S/c1-21-17(20)16(13-7-3-4-8-14(13)18)19-11-10-12-6-2-5-9-15(12)22/h2-9,16,19,22H,10-11H2,1H3. The third-order valence-electron chi connectivity index (χ3n) is 3.39. The SMILES string of the molecule is COC(=O)C(NCCc1ccccc1S)c1ccccc1Cl. The molecule has 0 fully saturated rings. The molecule has 1 N–H and O–H groups in total. The van der Waals surface area contributed by atoms with Crippen LogP contribution in [-0.2, 0) is 16.0 Å². The van der Waals surface area contributed by atoms with E-state index in [4.69, 9.17) is 16.3 Å². The summed E-state index contributed by atoms with van der Waals surface area (Å²) in [6.45, 7) is 0.614. The number of carbonyl (C=O) groups is 1. The van der Waals surface area contributed by atoms with E-state index in [2.05, 4.69) is 17.9 Å². The lowest BCUT2D eigenvalue weighted by atomic mass is 10.1. The zero-order chi connectivity index (χ0) is 15.9. The number of hydrogen-bond acceptors (Lipinski definition) is 4. The molecule has 0 aromatic heterocycles. The minimum Gasteiger partial charge on any atom is -0.468 e. The first-order chi connectivity index (χ1) is 10.6. The van der Waals surface area contributed by atoms with Crippen LogP contribution in [0.2, 0.25) is 5.02 Å². The lowest BCUT2D eigenvalue weighted by molar-refractivity contribution is -0.143. The Labute approximate surface area is 141 Å². The zero-order valence-electron chi connectivity index (χ0n) is 12.3. The van der Waals surface area contributed by atoms with E-state index in [0.717, 1.165) is 22.4 Å². The molecule has 2 aromatic rings. The number of ether oxygens (including phenoxy) is 1. The predicted molar refractivity (Wildman–Crippen MR) is 91.6 cm³/mol. The van der Waals surface area contributed by atoms with Crippen molar-refractivity contribution in [3.8, 4) is 0 Å². The van der Waals surface area contributed by atoms with Gasteiger partial charge in [0.2, 0.25) is 0 Å². The smallest absolute Gasteiger partial charge is 0.327 e. The molecule has 116 valence electrons. The predicted octanol–water partition coefficient (Wildman–Crippen LogP) is 3.68. The van der Waals surface area contributed by atoms with E-state index in [0.29, 0.717) is 11.6 Å². The van der Waals surface area contributed by atoms with Crippen molar-refractivity contribution in [1.82, 2.24) is 5.32 Å². The van der Waals surface area contributed by atoms with E-state index in [1.54, 1.807) is 6.07 Å². The number of carbonyl (C=O) groups excluding carboxylic acids is 1. The number of hydrogen-bond donors (Lipinski definition) is 2. The molecule has 0 saturated heterocycles. The number of thiol groups is 1. The second-order valence-corrected chi connectivity index (χ2v) is 5.70. The summed E-state index contributed by atoms with van der Waals surface area (Å²) >= 11 is 10.6. The summed E-state index contributed by atoms with van der Waals surface area (Å²) < 4.78 is 4.87. The fourth-order valence-corrected chi connectivity index (χ4v) is 2.74. The van der Waals surface area contributed by atoms with Crippen molar-refractivity contribution in [2.75, 3.05) is 13.7 Å². The van der Waals surface area contributed by atoms with Crippen LogP contribution < -0.4 is 5.32 Å². The quantitative estimate of drug-likeness (QED) is 0.625. The molecule has 22 heavy (non-hydrogen) atoms. The van der Waals surface area contributed by atoms with Crippen molar-refractivity contribution >= 4 is 30.2 Å². The Balaban J connectivity index is 2.07. The Morgan fingerprint density at radius 1 is 1.23 bits per heavy atom. The van der Waals surface area contributed by atoms with Crippen molar-refractivity contribution in [3.05, 3.63) is 64.7 Å². The number of halogens is 1. The molecule has 0 bridgehead atoms. The summed E-state index contributed by atoms with van der Waals surface area (Å²) in [5.74, 6) is -0.354. The van der Waals surface area contributed by atoms with Crippen molar-refractivity contribution in [2.45, 2.75) is 17.4 Å². The van der Waals surface area contributed by atoms with Crippen molar-refractivity contribution in [3.63, 3.8) is 0 Å². The van der Waals surface area contributed by atoms with Crippen molar-refractivity contribution in [1.29, 1.82) is 0 Å². The molecule has 1 atom stereocenters. The van der Waals surface area contributed by atoms with Gasteiger partial charge in [-0.3, -0.25) is 0 Å². The topological polar surface area (TPSA) is 38.3 Å². The summed E-state index contributed by atoms with van der Waals surface area (Å²) in [4.78, 5) is 13.0. The second-order valence-electron chi connectivity index (χ2n) is 4.81. The van der Waals surface area contributed by atoms with Gasteiger partial charge < -0.3 is 10.1 Å². The highest BCUT2D eigenvalue weighted by Crippen LogP contribution is 2.23. The average molecular weight is 336 g/mol. The lowest BCUT2D eigenvalue weighted by Crippen LogP contribution is -2.31. The second kappa shape index (κ2) is 8.22. The van der Waals surface area contributed by atoms with Crippen LogP contribution in [-0.4, -0.2) is 19.6 Å². The van der Waals surface area contributed by atoms with Gasteiger partial charge in [0.25, 0.3) is 0 Å². The highest BCUT2D eigenvalue weighted by molar-refractivity contribution is 7.80. The molecule has 3 nitrogen and oxygen atoms in total. The maximum absolute atomic E-state index is 12.0. The third-order valence-corrected chi connectivity index (χ3v) is 4.17. The van der Waals surface area contributed by atoms with Gasteiger partial charge in [0.15, 0.2) is 0 Å². The summed E-state index contributed by atoms with van der Waals surface area (Å²) in [6.07, 6.45) is 0.762. The van der Waals surface area contributed by atoms with Gasteiger partial charge in [-0.25, -0.2) is 4.79 Å². The summed E-state index contributed by atoms with van der Waals surface area (Å²) in [5.41, 5.74) is 1.84. The minimum absolute atomic E-state index is 0.354. The molecular weight excluding hydrogens is 318 g/mol. The first-order valence-electron chi connectivity index (χ1n) is 6.96. The number of methoxy groups -OCH3 is 1. The molecule has 0 amide bonds. The Bertz CT molecular complexity index is 648. The fourth-order valence-electron chi connectivity index (χ4n) is 2.22. The van der Waals surface area contributed by atoms with Crippen LogP contribution in [0.5, 0.6) is 0 Å². The summed E-state index contributed by atoms with van der Waals surface area (Å²) in [5, 5.41) is 3.75. The number of benzene rings is 2. The van der Waals surface area contributed by atoms with Gasteiger partial charge in [0.05, 0.1) is 7.11 Å². The van der Waals surface area contributed by atoms with Gasteiger partial charge in [0, 0.05) is 16.5 Å². The van der Waals surface area contributed by atoms with Gasteiger partial charge in [-0.05, 0) is 29.7 Å². The molecule has 0 spiro atoms. The molecule has 0 aliphatic carbocycles. The molecule has 0 heterocycles. The van der Waals surface area contributed by atoms with E-state index in [1.807, 2.05) is 42.5 Å².